The van der Waals surface area contributed by atoms with Gasteiger partial charge in [0, 0.05) is 35.2 Å². The highest BCUT2D eigenvalue weighted by atomic mass is 16.6. The Kier molecular flexibility index (Phi) is 14.2. The highest BCUT2D eigenvalue weighted by Gasteiger charge is 2.32. The van der Waals surface area contributed by atoms with Gasteiger partial charge in [0.05, 0.1) is 71.0 Å². The number of imide groups is 1. The van der Waals surface area contributed by atoms with E-state index in [1.165, 1.54) is 6.20 Å². The van der Waals surface area contributed by atoms with E-state index >= 15 is 0 Å². The molecule has 2 aliphatic heterocycles. The van der Waals surface area contributed by atoms with Gasteiger partial charge in [-0.3, -0.25) is 29.3 Å². The summed E-state index contributed by atoms with van der Waals surface area (Å²) in [5.74, 6) is -0.907. The third-order valence-corrected chi connectivity index (χ3v) is 9.00. The third kappa shape index (κ3) is 10.2. The number of ketones is 1. The van der Waals surface area contributed by atoms with Crippen molar-refractivity contribution in [2.24, 2.45) is 5.73 Å². The molecule has 280 valence electrons. The lowest BCUT2D eigenvalue weighted by Crippen LogP contribution is -2.45. The van der Waals surface area contributed by atoms with Crippen LogP contribution < -0.4 is 32.0 Å². The largest absolute Gasteiger partial charge is 0.496 e. The molecule has 3 aromatic rings. The van der Waals surface area contributed by atoms with Crippen LogP contribution in [0.3, 0.4) is 0 Å². The minimum absolute atomic E-state index is 0.0450. The molecule has 3 atom stereocenters. The molecular formula is C36H46N6O10. The quantitative estimate of drug-likeness (QED) is 0.0951. The second-order valence-electron chi connectivity index (χ2n) is 12.5. The Bertz CT molecular complexity index is 1780. The first-order valence-corrected chi connectivity index (χ1v) is 17.4. The number of ether oxygens (including phenoxy) is 5. The molecular weight excluding hydrogens is 676 g/mol. The van der Waals surface area contributed by atoms with E-state index < -0.39 is 23.9 Å². The minimum atomic E-state index is -0.807. The molecule has 3 unspecified atom stereocenters. The van der Waals surface area contributed by atoms with Crippen LogP contribution in [-0.2, 0) is 33.3 Å². The number of methoxy groups -OCH3 is 1. The number of nitrogens with two attached hydrogens (primary N) is 1. The Labute approximate surface area is 300 Å². The molecule has 0 radical (unpaired) electrons. The molecule has 3 heterocycles. The Morgan fingerprint density at radius 2 is 1.69 bits per heavy atom. The van der Waals surface area contributed by atoms with Crippen molar-refractivity contribution in [3.63, 3.8) is 0 Å². The average Bonchev–Trinajstić information content (AvgIpc) is 3.15. The summed E-state index contributed by atoms with van der Waals surface area (Å²) in [6.45, 7) is 3.72. The maximum absolute atomic E-state index is 12.9. The zero-order valence-electron chi connectivity index (χ0n) is 29.2. The lowest BCUT2D eigenvalue weighted by Gasteiger charge is -2.31. The lowest BCUT2D eigenvalue weighted by molar-refractivity contribution is -0.136. The number of primary amides is 1. The van der Waals surface area contributed by atoms with Gasteiger partial charge < -0.3 is 40.1 Å². The second-order valence-corrected chi connectivity index (χ2v) is 12.5. The van der Waals surface area contributed by atoms with Crippen molar-refractivity contribution in [1.29, 1.82) is 0 Å². The monoisotopic (exact) mass is 722 g/mol. The average molecular weight is 723 g/mol. The normalized spacial score (nSPS) is 19.0. The number of fused-ring (bicyclic) bond motifs is 1. The van der Waals surface area contributed by atoms with Gasteiger partial charge in [-0.1, -0.05) is 6.07 Å². The van der Waals surface area contributed by atoms with E-state index in [9.17, 15) is 24.0 Å². The SMILES string of the molecule is COc1cccc(C(N)=O)c1C1CCNC(C(=O)COCCOCCOCCOCCNc2ccc3c(=O)n(C4CCC(=O)NC4=O)ncc3c2)C1. The Morgan fingerprint density at radius 1 is 0.962 bits per heavy atom. The summed E-state index contributed by atoms with van der Waals surface area (Å²) in [6.07, 6.45) is 3.20. The van der Waals surface area contributed by atoms with E-state index in [4.69, 9.17) is 29.4 Å². The van der Waals surface area contributed by atoms with Gasteiger partial charge in [0.15, 0.2) is 5.78 Å². The van der Waals surface area contributed by atoms with Gasteiger partial charge in [-0.15, -0.1) is 0 Å². The maximum atomic E-state index is 12.9. The summed E-state index contributed by atoms with van der Waals surface area (Å²) in [6, 6.07) is 9.28. The predicted molar refractivity (Wildman–Crippen MR) is 189 cm³/mol. The van der Waals surface area contributed by atoms with E-state index in [2.05, 4.69) is 21.0 Å². The van der Waals surface area contributed by atoms with Crippen LogP contribution in [-0.4, -0.2) is 112 Å². The van der Waals surface area contributed by atoms with Crippen LogP contribution in [0.15, 0.2) is 47.4 Å². The van der Waals surface area contributed by atoms with Crippen molar-refractivity contribution >= 4 is 40.0 Å². The molecule has 2 saturated heterocycles. The number of Topliss-reactive ketones (excluding diaryl/α,β-unsaturated/α-hetero) is 1. The van der Waals surface area contributed by atoms with Crippen LogP contribution in [0.25, 0.3) is 10.8 Å². The summed E-state index contributed by atoms with van der Waals surface area (Å²) in [7, 11) is 1.55. The molecule has 0 bridgehead atoms. The zero-order valence-corrected chi connectivity index (χ0v) is 29.2. The molecule has 2 aliphatic rings. The molecule has 2 aromatic carbocycles. The Hall–Kier alpha value is -4.74. The number of aromatic nitrogens is 2. The Balaban J connectivity index is 0.887. The molecule has 5 rings (SSSR count). The molecule has 0 saturated carbocycles. The predicted octanol–water partition coefficient (Wildman–Crippen LogP) is 1.06. The van der Waals surface area contributed by atoms with Crippen LogP contribution in [0.1, 0.15) is 53.6 Å². The van der Waals surface area contributed by atoms with Gasteiger partial charge in [0.25, 0.3) is 11.5 Å². The number of anilines is 1. The van der Waals surface area contributed by atoms with Crippen molar-refractivity contribution in [2.75, 3.05) is 78.4 Å². The van der Waals surface area contributed by atoms with E-state index in [-0.39, 0.29) is 49.2 Å². The number of hydrogen-bond acceptors (Lipinski definition) is 13. The van der Waals surface area contributed by atoms with E-state index in [1.54, 1.807) is 43.5 Å². The van der Waals surface area contributed by atoms with Crippen LogP contribution >= 0.6 is 0 Å². The summed E-state index contributed by atoms with van der Waals surface area (Å²) in [5.41, 5.74) is 7.18. The Morgan fingerprint density at radius 3 is 2.40 bits per heavy atom. The summed E-state index contributed by atoms with van der Waals surface area (Å²) >= 11 is 0. The molecule has 2 fully saturated rings. The highest BCUT2D eigenvalue weighted by Crippen LogP contribution is 2.36. The van der Waals surface area contributed by atoms with Gasteiger partial charge >= 0.3 is 0 Å². The standard InChI is InChI=1S/C36H46N6O10/c1-48-31-4-2-3-27(34(37)45)33(31)23-9-10-39-28(20-23)30(43)22-52-18-17-51-16-15-50-14-13-49-12-11-38-25-5-6-26-24(19-25)21-40-42(36(26)47)29-7-8-32(44)41-35(29)46/h2-6,19,21,23,28-29,38-39H,7-18,20,22H2,1H3,(H2,37,45)(H,41,44,46). The first-order valence-electron chi connectivity index (χ1n) is 17.4. The van der Waals surface area contributed by atoms with Crippen molar-refractivity contribution in [2.45, 2.75) is 43.7 Å². The second kappa shape index (κ2) is 19.2. The molecule has 52 heavy (non-hydrogen) atoms. The molecule has 5 N–H and O–H groups in total. The number of hydrogen-bond donors (Lipinski definition) is 4. The molecule has 1 aromatic heterocycles. The number of nitrogens with one attached hydrogen (secondary N) is 3. The number of carbonyl (C=O) groups is 4. The fraction of sp³-hybridized carbons (Fsp3) is 0.500. The maximum Gasteiger partial charge on any atom is 0.275 e. The van der Waals surface area contributed by atoms with Crippen molar-refractivity contribution in [3.05, 3.63) is 64.1 Å². The van der Waals surface area contributed by atoms with Gasteiger partial charge in [-0.05, 0) is 62.1 Å². The van der Waals surface area contributed by atoms with Gasteiger partial charge in [0.2, 0.25) is 11.8 Å². The molecule has 3 amide bonds. The number of carbonyl (C=O) groups excluding carboxylic acids is 4. The van der Waals surface area contributed by atoms with Crippen molar-refractivity contribution in [1.82, 2.24) is 20.4 Å². The number of piperidine rings is 2. The molecule has 0 aliphatic carbocycles. The number of rotatable bonds is 20. The van der Waals surface area contributed by atoms with Gasteiger partial charge in [-0.25, -0.2) is 4.68 Å². The van der Waals surface area contributed by atoms with Crippen LogP contribution in [0.4, 0.5) is 5.69 Å². The van der Waals surface area contributed by atoms with Gasteiger partial charge in [0.1, 0.15) is 18.4 Å². The smallest absolute Gasteiger partial charge is 0.275 e. The first kappa shape index (κ1) is 38.5. The molecule has 16 heteroatoms. The first-order chi connectivity index (χ1) is 25.3. The lowest BCUT2D eigenvalue weighted by atomic mass is 9.82. The van der Waals surface area contributed by atoms with E-state index in [0.717, 1.165) is 22.4 Å². The number of amides is 3. The highest BCUT2D eigenvalue weighted by molar-refractivity contribution is 5.99. The summed E-state index contributed by atoms with van der Waals surface area (Å²) in [4.78, 5) is 61.4. The summed E-state index contributed by atoms with van der Waals surface area (Å²) < 4.78 is 28.9. The minimum Gasteiger partial charge on any atom is -0.496 e. The van der Waals surface area contributed by atoms with Crippen molar-refractivity contribution < 1.29 is 42.9 Å². The fourth-order valence-electron chi connectivity index (χ4n) is 6.40. The van der Waals surface area contributed by atoms with Crippen molar-refractivity contribution in [3.8, 4) is 5.75 Å². The number of nitrogens with zero attached hydrogens (tertiary/aromatic N) is 2. The van der Waals surface area contributed by atoms with Crippen LogP contribution in [0, 0.1) is 0 Å². The topological polar surface area (TPSA) is 211 Å². The fourth-order valence-corrected chi connectivity index (χ4v) is 6.40. The van der Waals surface area contributed by atoms with E-state index in [1.807, 2.05) is 0 Å². The molecule has 16 nitrogen and oxygen atoms in total. The molecule has 0 spiro atoms. The third-order valence-electron chi connectivity index (χ3n) is 9.00. The van der Waals surface area contributed by atoms with Gasteiger partial charge in [-0.2, -0.15) is 5.10 Å². The van der Waals surface area contributed by atoms with Crippen LogP contribution in [0.2, 0.25) is 0 Å². The van der Waals surface area contributed by atoms with Crippen LogP contribution in [0.5, 0.6) is 5.75 Å². The summed E-state index contributed by atoms with van der Waals surface area (Å²) in [5, 5.41) is 14.0. The van der Waals surface area contributed by atoms with E-state index in [0.29, 0.717) is 81.2 Å². The zero-order chi connectivity index (χ0) is 36.9. The number of benzene rings is 2.